The van der Waals surface area contributed by atoms with Gasteiger partial charge in [0.2, 0.25) is 5.91 Å². The number of nitro groups is 1. The number of imide groups is 1. The first-order valence-electron chi connectivity index (χ1n) is 9.81. The number of nitrogens with zero attached hydrogens (tertiary/aromatic N) is 4. The topological polar surface area (TPSA) is 96.2 Å². The SMILES string of the molecule is COc1ccccc1[C@H]1[C@H]2C(=O)N(c3cccc([N+](=O)[O-])c3)C(=O)[C@H]2N2CCCN12. The van der Waals surface area contributed by atoms with Crippen molar-refractivity contribution in [1.29, 1.82) is 0 Å². The lowest BCUT2D eigenvalue weighted by molar-refractivity contribution is -0.384. The standard InChI is InChI=1S/C21H20N4O5/c1-30-16-9-3-2-8-15(16)18-17-19(23-11-5-10-22(18)23)21(27)24(20(17)26)13-6-4-7-14(12-13)25(28)29/h2-4,6-9,12,17-19H,5,10-11H2,1H3/t17-,18+,19+/m1/s1. The van der Waals surface area contributed by atoms with Crippen molar-refractivity contribution in [2.45, 2.75) is 18.5 Å². The number of fused-ring (bicyclic) bond motifs is 3. The van der Waals surface area contributed by atoms with Crippen molar-refractivity contribution < 1.29 is 19.2 Å². The number of nitro benzene ring substituents is 1. The third-order valence-electron chi connectivity index (χ3n) is 6.16. The summed E-state index contributed by atoms with van der Waals surface area (Å²) in [5.74, 6) is -0.608. The van der Waals surface area contributed by atoms with Crippen LogP contribution in [0, 0.1) is 16.0 Å². The first-order valence-corrected chi connectivity index (χ1v) is 9.81. The lowest BCUT2D eigenvalue weighted by Gasteiger charge is -2.30. The van der Waals surface area contributed by atoms with Gasteiger partial charge in [-0.2, -0.15) is 0 Å². The minimum Gasteiger partial charge on any atom is -0.496 e. The number of benzene rings is 2. The summed E-state index contributed by atoms with van der Waals surface area (Å²) in [5, 5.41) is 15.3. The number of amides is 2. The minimum atomic E-state index is -0.617. The van der Waals surface area contributed by atoms with E-state index in [9.17, 15) is 19.7 Å². The summed E-state index contributed by atoms with van der Waals surface area (Å²) in [7, 11) is 1.59. The molecule has 9 heteroatoms. The normalized spacial score (nSPS) is 26.2. The number of hydrogen-bond donors (Lipinski definition) is 0. The van der Waals surface area contributed by atoms with Gasteiger partial charge >= 0.3 is 0 Å². The van der Waals surface area contributed by atoms with E-state index in [1.54, 1.807) is 13.2 Å². The number of carbonyl (C=O) groups is 2. The Kier molecular flexibility index (Phi) is 4.30. The van der Waals surface area contributed by atoms with Crippen LogP contribution in [0.4, 0.5) is 11.4 Å². The quantitative estimate of drug-likeness (QED) is 0.434. The van der Waals surface area contributed by atoms with Crippen molar-refractivity contribution in [1.82, 2.24) is 10.0 Å². The lowest BCUT2D eigenvalue weighted by atomic mass is 9.89. The molecule has 0 N–H and O–H groups in total. The van der Waals surface area contributed by atoms with Gasteiger partial charge in [-0.1, -0.05) is 24.3 Å². The van der Waals surface area contributed by atoms with Gasteiger partial charge in [-0.25, -0.2) is 14.9 Å². The summed E-state index contributed by atoms with van der Waals surface area (Å²) in [6.45, 7) is 1.45. The molecule has 0 aromatic heterocycles. The number of carbonyl (C=O) groups excluding carboxylic acids is 2. The summed E-state index contributed by atoms with van der Waals surface area (Å²) >= 11 is 0. The largest absolute Gasteiger partial charge is 0.496 e. The van der Waals surface area contributed by atoms with Crippen LogP contribution < -0.4 is 9.64 Å². The van der Waals surface area contributed by atoms with Gasteiger partial charge in [0.1, 0.15) is 11.8 Å². The number of methoxy groups -OCH3 is 1. The monoisotopic (exact) mass is 408 g/mol. The zero-order valence-corrected chi connectivity index (χ0v) is 16.3. The molecule has 3 heterocycles. The predicted octanol–water partition coefficient (Wildman–Crippen LogP) is 2.14. The van der Waals surface area contributed by atoms with Gasteiger partial charge in [-0.15, -0.1) is 0 Å². The molecular weight excluding hydrogens is 388 g/mol. The first-order chi connectivity index (χ1) is 14.5. The minimum absolute atomic E-state index is 0.158. The van der Waals surface area contributed by atoms with Crippen LogP contribution >= 0.6 is 0 Å². The molecule has 0 bridgehead atoms. The summed E-state index contributed by atoms with van der Waals surface area (Å²) in [6.07, 6.45) is 0.896. The first kappa shape index (κ1) is 18.7. The summed E-state index contributed by atoms with van der Waals surface area (Å²) in [5.41, 5.74) is 0.939. The highest BCUT2D eigenvalue weighted by atomic mass is 16.6. The Bertz CT molecular complexity index is 1060. The van der Waals surface area contributed by atoms with Gasteiger partial charge in [0.05, 0.1) is 29.7 Å². The van der Waals surface area contributed by atoms with Crippen molar-refractivity contribution in [3.8, 4) is 5.75 Å². The van der Waals surface area contributed by atoms with Crippen molar-refractivity contribution in [3.05, 3.63) is 64.2 Å². The number of hydrazine groups is 1. The Morgan fingerprint density at radius 2 is 1.73 bits per heavy atom. The van der Waals surface area contributed by atoms with Gasteiger partial charge < -0.3 is 4.74 Å². The third kappa shape index (κ3) is 2.55. The van der Waals surface area contributed by atoms with Crippen LogP contribution in [0.3, 0.4) is 0 Å². The highest BCUT2D eigenvalue weighted by molar-refractivity contribution is 6.24. The predicted molar refractivity (Wildman–Crippen MR) is 107 cm³/mol. The van der Waals surface area contributed by atoms with Crippen LogP contribution in [0.1, 0.15) is 18.0 Å². The lowest BCUT2D eigenvalue weighted by Crippen LogP contribution is -2.44. The maximum Gasteiger partial charge on any atom is 0.271 e. The number of rotatable bonds is 4. The van der Waals surface area contributed by atoms with Crippen molar-refractivity contribution in [2.24, 2.45) is 5.92 Å². The summed E-state index contributed by atoms with van der Waals surface area (Å²) < 4.78 is 5.54. The summed E-state index contributed by atoms with van der Waals surface area (Å²) in [6, 6.07) is 12.3. The van der Waals surface area contributed by atoms with E-state index < -0.39 is 16.9 Å². The van der Waals surface area contributed by atoms with Gasteiger partial charge in [0, 0.05) is 30.8 Å². The molecule has 2 amide bonds. The van der Waals surface area contributed by atoms with E-state index in [1.807, 2.05) is 29.3 Å². The van der Waals surface area contributed by atoms with E-state index in [1.165, 1.54) is 18.2 Å². The maximum atomic E-state index is 13.5. The molecule has 0 radical (unpaired) electrons. The van der Waals surface area contributed by atoms with E-state index in [4.69, 9.17) is 4.74 Å². The number of hydrogen-bond acceptors (Lipinski definition) is 7. The van der Waals surface area contributed by atoms with Gasteiger partial charge in [0.15, 0.2) is 0 Å². The Morgan fingerprint density at radius 3 is 2.47 bits per heavy atom. The van der Waals surface area contributed by atoms with E-state index in [2.05, 4.69) is 5.01 Å². The van der Waals surface area contributed by atoms with Crippen molar-refractivity contribution >= 4 is 23.2 Å². The Morgan fingerprint density at radius 1 is 1.00 bits per heavy atom. The van der Waals surface area contributed by atoms with Crippen molar-refractivity contribution in [3.63, 3.8) is 0 Å². The fourth-order valence-electron chi connectivity index (χ4n) is 5.00. The van der Waals surface area contributed by atoms with Crippen LogP contribution in [-0.4, -0.2) is 53.0 Å². The average molecular weight is 408 g/mol. The van der Waals surface area contributed by atoms with Crippen LogP contribution in [0.5, 0.6) is 5.75 Å². The smallest absolute Gasteiger partial charge is 0.271 e. The third-order valence-corrected chi connectivity index (χ3v) is 6.16. The molecule has 0 aliphatic carbocycles. The van der Waals surface area contributed by atoms with Gasteiger partial charge in [-0.05, 0) is 18.6 Å². The highest BCUT2D eigenvalue weighted by Gasteiger charge is 2.63. The molecule has 0 unspecified atom stereocenters. The Hall–Kier alpha value is -3.30. The van der Waals surface area contributed by atoms with E-state index >= 15 is 0 Å². The van der Waals surface area contributed by atoms with Gasteiger partial charge in [0.25, 0.3) is 11.6 Å². The second kappa shape index (κ2) is 6.89. The molecule has 30 heavy (non-hydrogen) atoms. The molecule has 9 nitrogen and oxygen atoms in total. The van der Waals surface area contributed by atoms with Gasteiger partial charge in [-0.3, -0.25) is 19.7 Å². The van der Waals surface area contributed by atoms with Crippen LogP contribution in [0.2, 0.25) is 0 Å². The molecule has 2 aromatic rings. The molecule has 154 valence electrons. The van der Waals surface area contributed by atoms with Crippen LogP contribution in [0.25, 0.3) is 0 Å². The second-order valence-corrected chi connectivity index (χ2v) is 7.63. The fourth-order valence-corrected chi connectivity index (χ4v) is 5.00. The molecule has 3 atom stereocenters. The maximum absolute atomic E-state index is 13.5. The number of non-ortho nitro benzene ring substituents is 1. The molecule has 3 aliphatic heterocycles. The second-order valence-electron chi connectivity index (χ2n) is 7.63. The highest BCUT2D eigenvalue weighted by Crippen LogP contribution is 2.50. The van der Waals surface area contributed by atoms with E-state index in [0.29, 0.717) is 12.3 Å². The Balaban J connectivity index is 1.60. The molecular formula is C21H20N4O5. The van der Waals surface area contributed by atoms with Crippen LogP contribution in [-0.2, 0) is 9.59 Å². The summed E-state index contributed by atoms with van der Waals surface area (Å²) in [4.78, 5) is 38.7. The fraction of sp³-hybridized carbons (Fsp3) is 0.333. The average Bonchev–Trinajstić information content (AvgIpc) is 3.40. The number of anilines is 1. The molecule has 5 rings (SSSR count). The van der Waals surface area contributed by atoms with Crippen molar-refractivity contribution in [2.75, 3.05) is 25.1 Å². The van der Waals surface area contributed by atoms with E-state index in [-0.39, 0.29) is 29.2 Å². The molecule has 3 saturated heterocycles. The number of para-hydroxylation sites is 1. The zero-order valence-electron chi connectivity index (χ0n) is 16.3. The zero-order chi connectivity index (χ0) is 21.0. The van der Waals surface area contributed by atoms with Crippen LogP contribution in [0.15, 0.2) is 48.5 Å². The Labute approximate surface area is 172 Å². The molecule has 3 fully saturated rings. The molecule has 2 aromatic carbocycles. The van der Waals surface area contributed by atoms with E-state index in [0.717, 1.165) is 23.4 Å². The number of ether oxygens (including phenoxy) is 1. The molecule has 0 saturated carbocycles. The molecule has 0 spiro atoms. The molecule has 3 aliphatic rings.